The Morgan fingerprint density at radius 2 is 2.00 bits per heavy atom. The topological polar surface area (TPSA) is 82.7 Å². The number of anilines is 1. The summed E-state index contributed by atoms with van der Waals surface area (Å²) in [7, 11) is 0. The van der Waals surface area contributed by atoms with Crippen LogP contribution in [0.2, 0.25) is 0 Å². The van der Waals surface area contributed by atoms with Crippen LogP contribution in [0.1, 0.15) is 13.8 Å². The highest BCUT2D eigenvalue weighted by atomic mass is 16.6. The molecular formula is C13H20N4O3. The first-order valence-electron chi connectivity index (χ1n) is 6.65. The number of hydrogen-bond acceptors (Lipinski definition) is 6. The number of piperazine rings is 1. The second-order valence-electron chi connectivity index (χ2n) is 5.71. The minimum atomic E-state index is -0.687. The number of nitro groups is 1. The van der Waals surface area contributed by atoms with Crippen LogP contribution in [0, 0.1) is 10.1 Å². The third kappa shape index (κ3) is 3.88. The Bertz CT molecular complexity index is 461. The Morgan fingerprint density at radius 3 is 2.45 bits per heavy atom. The van der Waals surface area contributed by atoms with Crippen LogP contribution in [0.5, 0.6) is 0 Å². The summed E-state index contributed by atoms with van der Waals surface area (Å²) in [6, 6.07) is 3.16. The lowest BCUT2D eigenvalue weighted by atomic mass is 10.1. The van der Waals surface area contributed by atoms with Crippen molar-refractivity contribution in [2.24, 2.45) is 0 Å². The number of β-amino-alcohol motifs (C(OH)–C–C–N with tert-alkyl or cyclic N) is 1. The van der Waals surface area contributed by atoms with E-state index in [4.69, 9.17) is 0 Å². The third-order valence-corrected chi connectivity index (χ3v) is 3.25. The number of nitrogens with zero attached hydrogens (tertiary/aromatic N) is 4. The molecule has 0 bridgehead atoms. The van der Waals surface area contributed by atoms with Gasteiger partial charge in [-0.05, 0) is 19.9 Å². The van der Waals surface area contributed by atoms with Crippen LogP contribution >= 0.6 is 0 Å². The summed E-state index contributed by atoms with van der Waals surface area (Å²) in [5.74, 6) is 0.763. The highest BCUT2D eigenvalue weighted by Crippen LogP contribution is 2.18. The van der Waals surface area contributed by atoms with Gasteiger partial charge in [-0.1, -0.05) is 0 Å². The first-order valence-corrected chi connectivity index (χ1v) is 6.65. The van der Waals surface area contributed by atoms with Crippen LogP contribution < -0.4 is 4.90 Å². The summed E-state index contributed by atoms with van der Waals surface area (Å²) in [4.78, 5) is 18.6. The average Bonchev–Trinajstić information content (AvgIpc) is 2.38. The molecule has 2 heterocycles. The van der Waals surface area contributed by atoms with Gasteiger partial charge in [-0.15, -0.1) is 0 Å². The summed E-state index contributed by atoms with van der Waals surface area (Å²) in [5.41, 5.74) is -0.678. The van der Waals surface area contributed by atoms with Crippen molar-refractivity contribution in [1.82, 2.24) is 9.88 Å². The summed E-state index contributed by atoms with van der Waals surface area (Å²) in [6.45, 7) is 7.57. The molecule has 0 unspecified atom stereocenters. The number of hydrogen-bond donors (Lipinski definition) is 1. The SMILES string of the molecule is CC(C)(O)CN1CCN(c2ccc([N+](=O)[O-])cn2)CC1. The zero-order chi connectivity index (χ0) is 14.8. The van der Waals surface area contributed by atoms with E-state index < -0.39 is 10.5 Å². The molecule has 0 saturated carbocycles. The molecular weight excluding hydrogens is 260 g/mol. The molecule has 110 valence electrons. The van der Waals surface area contributed by atoms with Gasteiger partial charge < -0.3 is 10.0 Å². The third-order valence-electron chi connectivity index (χ3n) is 3.25. The van der Waals surface area contributed by atoms with Gasteiger partial charge in [0.2, 0.25) is 0 Å². The van der Waals surface area contributed by atoms with E-state index in [9.17, 15) is 15.2 Å². The van der Waals surface area contributed by atoms with E-state index in [-0.39, 0.29) is 5.69 Å². The summed E-state index contributed by atoms with van der Waals surface area (Å²) < 4.78 is 0. The van der Waals surface area contributed by atoms with Gasteiger partial charge in [0.05, 0.1) is 10.5 Å². The molecule has 1 saturated heterocycles. The highest BCUT2D eigenvalue weighted by molar-refractivity contribution is 5.43. The van der Waals surface area contributed by atoms with Gasteiger partial charge in [-0.2, -0.15) is 0 Å². The van der Waals surface area contributed by atoms with Crippen molar-refractivity contribution in [2.75, 3.05) is 37.6 Å². The minimum Gasteiger partial charge on any atom is -0.389 e. The molecule has 1 aliphatic rings. The molecule has 0 radical (unpaired) electrons. The maximum absolute atomic E-state index is 10.6. The first-order chi connectivity index (χ1) is 9.35. The molecule has 0 aromatic carbocycles. The van der Waals surface area contributed by atoms with Gasteiger partial charge in [-0.3, -0.25) is 15.0 Å². The quantitative estimate of drug-likeness (QED) is 0.651. The monoisotopic (exact) mass is 280 g/mol. The number of pyridine rings is 1. The van der Waals surface area contributed by atoms with E-state index in [0.29, 0.717) is 6.54 Å². The molecule has 0 aliphatic carbocycles. The van der Waals surface area contributed by atoms with Crippen molar-refractivity contribution >= 4 is 11.5 Å². The van der Waals surface area contributed by atoms with E-state index in [1.165, 1.54) is 12.3 Å². The molecule has 1 N–H and O–H groups in total. The fourth-order valence-electron chi connectivity index (χ4n) is 2.36. The zero-order valence-electron chi connectivity index (χ0n) is 11.8. The molecule has 7 nitrogen and oxygen atoms in total. The van der Waals surface area contributed by atoms with Crippen LogP contribution in [0.4, 0.5) is 11.5 Å². The van der Waals surface area contributed by atoms with Gasteiger partial charge in [0.15, 0.2) is 0 Å². The first kappa shape index (κ1) is 14.7. The van der Waals surface area contributed by atoms with Crippen molar-refractivity contribution in [3.8, 4) is 0 Å². The fraction of sp³-hybridized carbons (Fsp3) is 0.615. The Labute approximate surface area is 118 Å². The van der Waals surface area contributed by atoms with Gasteiger partial charge in [0.1, 0.15) is 12.0 Å². The fourth-order valence-corrected chi connectivity index (χ4v) is 2.36. The van der Waals surface area contributed by atoms with Crippen molar-refractivity contribution in [1.29, 1.82) is 0 Å². The Balaban J connectivity index is 1.92. The van der Waals surface area contributed by atoms with E-state index in [1.54, 1.807) is 19.9 Å². The predicted molar refractivity (Wildman–Crippen MR) is 75.8 cm³/mol. The predicted octanol–water partition coefficient (Wildman–Crippen LogP) is 0.883. The lowest BCUT2D eigenvalue weighted by molar-refractivity contribution is -0.385. The van der Waals surface area contributed by atoms with Crippen LogP contribution in [-0.4, -0.2) is 58.2 Å². The van der Waals surface area contributed by atoms with Crippen molar-refractivity contribution in [2.45, 2.75) is 19.4 Å². The normalized spacial score (nSPS) is 17.2. The molecule has 2 rings (SSSR count). The molecule has 0 atom stereocenters. The lowest BCUT2D eigenvalue weighted by Crippen LogP contribution is -2.50. The zero-order valence-corrected chi connectivity index (χ0v) is 11.8. The molecule has 20 heavy (non-hydrogen) atoms. The van der Waals surface area contributed by atoms with Crippen LogP contribution in [-0.2, 0) is 0 Å². The van der Waals surface area contributed by atoms with Crippen LogP contribution in [0.25, 0.3) is 0 Å². The van der Waals surface area contributed by atoms with E-state index in [2.05, 4.69) is 14.8 Å². The van der Waals surface area contributed by atoms with Crippen LogP contribution in [0.15, 0.2) is 18.3 Å². The smallest absolute Gasteiger partial charge is 0.287 e. The Kier molecular flexibility index (Phi) is 4.20. The molecule has 1 fully saturated rings. The van der Waals surface area contributed by atoms with E-state index in [1.807, 2.05) is 0 Å². The van der Waals surface area contributed by atoms with Crippen molar-refractivity contribution in [3.63, 3.8) is 0 Å². The molecule has 1 aromatic rings. The molecule has 0 amide bonds. The Morgan fingerprint density at radius 1 is 1.35 bits per heavy atom. The maximum Gasteiger partial charge on any atom is 0.287 e. The summed E-state index contributed by atoms with van der Waals surface area (Å²) in [6.07, 6.45) is 1.29. The average molecular weight is 280 g/mol. The number of aromatic nitrogens is 1. The molecule has 7 heteroatoms. The second-order valence-corrected chi connectivity index (χ2v) is 5.71. The van der Waals surface area contributed by atoms with E-state index in [0.717, 1.165) is 32.0 Å². The van der Waals surface area contributed by atoms with Gasteiger partial charge in [0, 0.05) is 38.8 Å². The Hall–Kier alpha value is -1.73. The highest BCUT2D eigenvalue weighted by Gasteiger charge is 2.23. The summed E-state index contributed by atoms with van der Waals surface area (Å²) in [5, 5.41) is 20.4. The van der Waals surface area contributed by atoms with E-state index >= 15 is 0 Å². The standard InChI is InChI=1S/C13H20N4O3/c1-13(2,18)10-15-5-7-16(8-6-15)12-4-3-11(9-14-12)17(19)20/h3-4,9,18H,5-8,10H2,1-2H3. The van der Waals surface area contributed by atoms with Gasteiger partial charge in [-0.25, -0.2) is 4.98 Å². The number of rotatable bonds is 4. The lowest BCUT2D eigenvalue weighted by Gasteiger charge is -2.37. The molecule has 0 spiro atoms. The second kappa shape index (κ2) is 5.72. The maximum atomic E-state index is 10.6. The number of aliphatic hydroxyl groups is 1. The molecule has 1 aliphatic heterocycles. The van der Waals surface area contributed by atoms with Crippen molar-refractivity contribution in [3.05, 3.63) is 28.4 Å². The summed E-state index contributed by atoms with van der Waals surface area (Å²) >= 11 is 0. The van der Waals surface area contributed by atoms with Crippen LogP contribution in [0.3, 0.4) is 0 Å². The van der Waals surface area contributed by atoms with Crippen molar-refractivity contribution < 1.29 is 10.0 Å². The van der Waals surface area contributed by atoms with Gasteiger partial charge in [0.25, 0.3) is 5.69 Å². The van der Waals surface area contributed by atoms with Gasteiger partial charge >= 0.3 is 0 Å². The minimum absolute atomic E-state index is 0.00872. The largest absolute Gasteiger partial charge is 0.389 e. The molecule has 1 aromatic heterocycles.